The molecule has 2 aromatic rings. The van der Waals surface area contributed by atoms with E-state index in [1.54, 1.807) is 31.5 Å². The van der Waals surface area contributed by atoms with Crippen molar-refractivity contribution >= 4 is 5.91 Å². The highest BCUT2D eigenvalue weighted by Crippen LogP contribution is 2.28. The Morgan fingerprint density at radius 3 is 2.79 bits per heavy atom. The smallest absolute Gasteiger partial charge is 0.251 e. The van der Waals surface area contributed by atoms with Gasteiger partial charge in [-0.1, -0.05) is 19.4 Å². The van der Waals surface area contributed by atoms with Crippen LogP contribution in [0, 0.1) is 0 Å². The summed E-state index contributed by atoms with van der Waals surface area (Å²) in [5, 5.41) is 2.90. The van der Waals surface area contributed by atoms with E-state index in [2.05, 4.69) is 17.2 Å². The van der Waals surface area contributed by atoms with E-state index in [1.165, 1.54) is 0 Å². The van der Waals surface area contributed by atoms with Crippen molar-refractivity contribution in [1.82, 2.24) is 10.3 Å². The maximum absolute atomic E-state index is 12.2. The lowest BCUT2D eigenvalue weighted by Crippen LogP contribution is -2.25. The van der Waals surface area contributed by atoms with Crippen molar-refractivity contribution in [3.63, 3.8) is 0 Å². The van der Waals surface area contributed by atoms with Crippen molar-refractivity contribution in [2.24, 2.45) is 0 Å². The molecule has 5 nitrogen and oxygen atoms in total. The number of hydrogen-bond donors (Lipinski definition) is 1. The first-order chi connectivity index (χ1) is 11.7. The number of carbonyl (C=O) groups is 1. The summed E-state index contributed by atoms with van der Waals surface area (Å²) in [6.07, 6.45) is 4.50. The standard InChI is InChI=1S/C19H24N2O3/c1-3-4-13-24-17-9-8-15(14-18(17)23-2)19(22)21-12-10-16-7-5-6-11-20-16/h5-9,11,14H,3-4,10,12-13H2,1-2H3,(H,21,22). The van der Waals surface area contributed by atoms with Crippen LogP contribution in [-0.2, 0) is 6.42 Å². The Kier molecular flexibility index (Phi) is 7.08. The summed E-state index contributed by atoms with van der Waals surface area (Å²) in [5.41, 5.74) is 1.51. The summed E-state index contributed by atoms with van der Waals surface area (Å²) in [5.74, 6) is 1.10. The SMILES string of the molecule is CCCCOc1ccc(C(=O)NCCc2ccccn2)cc1OC. The van der Waals surface area contributed by atoms with Gasteiger partial charge < -0.3 is 14.8 Å². The van der Waals surface area contributed by atoms with Crippen LogP contribution in [0.25, 0.3) is 0 Å². The lowest BCUT2D eigenvalue weighted by molar-refractivity contribution is 0.0953. The number of unbranched alkanes of at least 4 members (excludes halogenated alkanes) is 1. The molecule has 0 aliphatic heterocycles. The number of hydrogen-bond acceptors (Lipinski definition) is 4. The summed E-state index contributed by atoms with van der Waals surface area (Å²) in [7, 11) is 1.57. The highest BCUT2D eigenvalue weighted by atomic mass is 16.5. The number of nitrogens with one attached hydrogen (secondary N) is 1. The molecule has 0 atom stereocenters. The van der Waals surface area contributed by atoms with Crippen molar-refractivity contribution in [2.75, 3.05) is 20.3 Å². The quantitative estimate of drug-likeness (QED) is 0.718. The van der Waals surface area contributed by atoms with E-state index in [-0.39, 0.29) is 5.91 Å². The third-order valence-corrected chi connectivity index (χ3v) is 3.57. The van der Waals surface area contributed by atoms with Crippen LogP contribution in [-0.4, -0.2) is 31.2 Å². The van der Waals surface area contributed by atoms with Gasteiger partial charge in [0.2, 0.25) is 0 Å². The number of rotatable bonds is 9. The molecule has 1 aromatic carbocycles. The molecule has 0 radical (unpaired) electrons. The van der Waals surface area contributed by atoms with E-state index in [0.29, 0.717) is 36.6 Å². The Hall–Kier alpha value is -2.56. The van der Waals surface area contributed by atoms with Crippen LogP contribution < -0.4 is 14.8 Å². The molecule has 0 fully saturated rings. The minimum Gasteiger partial charge on any atom is -0.493 e. The van der Waals surface area contributed by atoms with E-state index in [9.17, 15) is 4.79 Å². The molecular weight excluding hydrogens is 304 g/mol. The monoisotopic (exact) mass is 328 g/mol. The number of carbonyl (C=O) groups excluding carboxylic acids is 1. The molecule has 1 heterocycles. The zero-order valence-electron chi connectivity index (χ0n) is 14.2. The molecule has 0 unspecified atom stereocenters. The largest absolute Gasteiger partial charge is 0.493 e. The molecule has 0 aliphatic rings. The minimum atomic E-state index is -0.135. The molecule has 128 valence electrons. The average molecular weight is 328 g/mol. The fourth-order valence-corrected chi connectivity index (χ4v) is 2.21. The van der Waals surface area contributed by atoms with Crippen LogP contribution in [0.15, 0.2) is 42.6 Å². The molecule has 0 bridgehead atoms. The number of nitrogens with zero attached hydrogens (tertiary/aromatic N) is 1. The van der Waals surface area contributed by atoms with Gasteiger partial charge in [0.1, 0.15) is 0 Å². The molecular formula is C19H24N2O3. The van der Waals surface area contributed by atoms with Crippen LogP contribution in [0.1, 0.15) is 35.8 Å². The summed E-state index contributed by atoms with van der Waals surface area (Å²) < 4.78 is 11.0. The fraction of sp³-hybridized carbons (Fsp3) is 0.368. The van der Waals surface area contributed by atoms with Gasteiger partial charge in [0.15, 0.2) is 11.5 Å². The van der Waals surface area contributed by atoms with Gasteiger partial charge in [0, 0.05) is 30.4 Å². The first-order valence-electron chi connectivity index (χ1n) is 8.23. The molecule has 5 heteroatoms. The second-order valence-electron chi connectivity index (χ2n) is 5.39. The summed E-state index contributed by atoms with van der Waals surface area (Å²) >= 11 is 0. The van der Waals surface area contributed by atoms with Crippen molar-refractivity contribution in [2.45, 2.75) is 26.2 Å². The Bertz CT molecular complexity index is 644. The average Bonchev–Trinajstić information content (AvgIpc) is 2.63. The van der Waals surface area contributed by atoms with Gasteiger partial charge >= 0.3 is 0 Å². The molecule has 0 spiro atoms. The number of amides is 1. The van der Waals surface area contributed by atoms with E-state index in [1.807, 2.05) is 18.2 Å². The van der Waals surface area contributed by atoms with Gasteiger partial charge in [-0.15, -0.1) is 0 Å². The van der Waals surface area contributed by atoms with E-state index < -0.39 is 0 Å². The molecule has 2 rings (SSSR count). The summed E-state index contributed by atoms with van der Waals surface area (Å²) in [6, 6.07) is 11.0. The van der Waals surface area contributed by atoms with Crippen molar-refractivity contribution < 1.29 is 14.3 Å². The fourth-order valence-electron chi connectivity index (χ4n) is 2.21. The topological polar surface area (TPSA) is 60.5 Å². The summed E-state index contributed by atoms with van der Waals surface area (Å²) in [6.45, 7) is 3.29. The predicted molar refractivity (Wildman–Crippen MR) is 93.7 cm³/mol. The van der Waals surface area contributed by atoms with Crippen LogP contribution in [0.3, 0.4) is 0 Å². The minimum absolute atomic E-state index is 0.135. The number of ether oxygens (including phenoxy) is 2. The van der Waals surface area contributed by atoms with Crippen molar-refractivity contribution in [3.05, 3.63) is 53.9 Å². The Morgan fingerprint density at radius 1 is 1.21 bits per heavy atom. The predicted octanol–water partition coefficient (Wildman–Crippen LogP) is 3.24. The van der Waals surface area contributed by atoms with Gasteiger partial charge in [0.25, 0.3) is 5.91 Å². The van der Waals surface area contributed by atoms with E-state index >= 15 is 0 Å². The van der Waals surface area contributed by atoms with E-state index in [0.717, 1.165) is 18.5 Å². The van der Waals surface area contributed by atoms with E-state index in [4.69, 9.17) is 9.47 Å². The van der Waals surface area contributed by atoms with Crippen LogP contribution >= 0.6 is 0 Å². The van der Waals surface area contributed by atoms with Crippen LogP contribution in [0.5, 0.6) is 11.5 Å². The van der Waals surface area contributed by atoms with Gasteiger partial charge in [-0.05, 0) is 36.8 Å². The first kappa shape index (κ1) is 17.8. The van der Waals surface area contributed by atoms with Crippen molar-refractivity contribution in [1.29, 1.82) is 0 Å². The molecule has 0 saturated heterocycles. The van der Waals surface area contributed by atoms with Gasteiger partial charge in [-0.2, -0.15) is 0 Å². The maximum atomic E-state index is 12.2. The molecule has 1 aromatic heterocycles. The normalized spacial score (nSPS) is 10.2. The number of pyridine rings is 1. The lowest BCUT2D eigenvalue weighted by Gasteiger charge is -2.12. The Balaban J connectivity index is 1.91. The molecule has 1 amide bonds. The zero-order valence-corrected chi connectivity index (χ0v) is 14.2. The van der Waals surface area contributed by atoms with Crippen LogP contribution in [0.2, 0.25) is 0 Å². The first-order valence-corrected chi connectivity index (χ1v) is 8.23. The molecule has 1 N–H and O–H groups in total. The Morgan fingerprint density at radius 2 is 2.08 bits per heavy atom. The summed E-state index contributed by atoms with van der Waals surface area (Å²) in [4.78, 5) is 16.5. The highest BCUT2D eigenvalue weighted by molar-refractivity contribution is 5.94. The zero-order chi connectivity index (χ0) is 17.2. The number of benzene rings is 1. The number of aromatic nitrogens is 1. The highest BCUT2D eigenvalue weighted by Gasteiger charge is 2.11. The Labute approximate surface area is 143 Å². The molecule has 0 saturated carbocycles. The van der Waals surface area contributed by atoms with Gasteiger partial charge in [-0.25, -0.2) is 0 Å². The molecule has 0 aliphatic carbocycles. The second-order valence-corrected chi connectivity index (χ2v) is 5.39. The number of methoxy groups -OCH3 is 1. The lowest BCUT2D eigenvalue weighted by atomic mass is 10.2. The van der Waals surface area contributed by atoms with Crippen molar-refractivity contribution in [3.8, 4) is 11.5 Å². The second kappa shape index (κ2) is 9.55. The van der Waals surface area contributed by atoms with Crippen LogP contribution in [0.4, 0.5) is 0 Å². The maximum Gasteiger partial charge on any atom is 0.251 e. The molecule has 24 heavy (non-hydrogen) atoms. The van der Waals surface area contributed by atoms with Gasteiger partial charge in [-0.3, -0.25) is 9.78 Å². The third-order valence-electron chi connectivity index (χ3n) is 3.57. The van der Waals surface area contributed by atoms with Gasteiger partial charge in [0.05, 0.1) is 13.7 Å². The third kappa shape index (κ3) is 5.26.